The van der Waals surface area contributed by atoms with Crippen LogP contribution in [0.5, 0.6) is 5.75 Å². The van der Waals surface area contributed by atoms with Gasteiger partial charge in [0, 0.05) is 19.2 Å². The number of nitrogens with zero attached hydrogens (tertiary/aromatic N) is 1. The highest BCUT2D eigenvalue weighted by Gasteiger charge is 2.14. The van der Waals surface area contributed by atoms with Gasteiger partial charge in [-0.3, -0.25) is 4.79 Å². The zero-order valence-electron chi connectivity index (χ0n) is 8.64. The molecule has 0 unspecified atom stereocenters. The minimum Gasteiger partial charge on any atom is -0.497 e. The summed E-state index contributed by atoms with van der Waals surface area (Å²) in [6.07, 6.45) is 3.50. The fraction of sp³-hybridized carbons (Fsp3) is 0.250. The fourth-order valence-corrected chi connectivity index (χ4v) is 1.57. The van der Waals surface area contributed by atoms with E-state index in [9.17, 15) is 4.79 Å². The number of ether oxygens (including phenoxy) is 1. The van der Waals surface area contributed by atoms with Crippen LogP contribution in [0.2, 0.25) is 0 Å². The van der Waals surface area contributed by atoms with Gasteiger partial charge in [0.1, 0.15) is 5.75 Å². The van der Waals surface area contributed by atoms with Gasteiger partial charge in [-0.05, 0) is 17.7 Å². The molecule has 78 valence electrons. The molecule has 1 aromatic carbocycles. The van der Waals surface area contributed by atoms with Gasteiger partial charge in [0.25, 0.3) is 0 Å². The summed E-state index contributed by atoms with van der Waals surface area (Å²) in [5.74, 6) is 0.926. The minimum absolute atomic E-state index is 0.0887. The van der Waals surface area contributed by atoms with Crippen LogP contribution in [0, 0.1) is 0 Å². The average Bonchev–Trinajstić information content (AvgIpc) is 2.66. The Balaban J connectivity index is 2.02. The van der Waals surface area contributed by atoms with Crippen molar-refractivity contribution in [3.05, 3.63) is 42.0 Å². The Morgan fingerprint density at radius 1 is 1.33 bits per heavy atom. The zero-order chi connectivity index (χ0) is 10.7. The Morgan fingerprint density at radius 2 is 2.07 bits per heavy atom. The summed E-state index contributed by atoms with van der Waals surface area (Å²) in [5, 5.41) is 0. The van der Waals surface area contributed by atoms with Crippen LogP contribution in [0.1, 0.15) is 5.56 Å². The minimum atomic E-state index is 0.0887. The van der Waals surface area contributed by atoms with E-state index in [0.717, 1.165) is 11.3 Å². The molecule has 3 nitrogen and oxygen atoms in total. The monoisotopic (exact) mass is 203 g/mol. The molecule has 0 aromatic heterocycles. The van der Waals surface area contributed by atoms with Gasteiger partial charge in [0.2, 0.25) is 5.91 Å². The molecule has 1 heterocycles. The van der Waals surface area contributed by atoms with E-state index in [-0.39, 0.29) is 5.91 Å². The van der Waals surface area contributed by atoms with Gasteiger partial charge in [-0.2, -0.15) is 0 Å². The summed E-state index contributed by atoms with van der Waals surface area (Å²) in [4.78, 5) is 13.1. The van der Waals surface area contributed by atoms with Crippen LogP contribution in [-0.2, 0) is 11.3 Å². The summed E-state index contributed by atoms with van der Waals surface area (Å²) in [6.45, 7) is 1.38. The van der Waals surface area contributed by atoms with Crippen molar-refractivity contribution in [2.24, 2.45) is 0 Å². The van der Waals surface area contributed by atoms with Crippen LogP contribution in [0.4, 0.5) is 0 Å². The predicted molar refractivity (Wildman–Crippen MR) is 57.6 cm³/mol. The summed E-state index contributed by atoms with van der Waals surface area (Å²) >= 11 is 0. The lowest BCUT2D eigenvalue weighted by Gasteiger charge is -2.15. The van der Waals surface area contributed by atoms with Gasteiger partial charge >= 0.3 is 0 Å². The molecule has 1 aliphatic rings. The van der Waals surface area contributed by atoms with Gasteiger partial charge in [0.15, 0.2) is 0 Å². The second-order valence-corrected chi connectivity index (χ2v) is 3.47. The Hall–Kier alpha value is -1.77. The average molecular weight is 203 g/mol. The molecule has 1 aliphatic heterocycles. The molecule has 3 heteroatoms. The molecule has 0 radical (unpaired) electrons. The largest absolute Gasteiger partial charge is 0.497 e. The lowest BCUT2D eigenvalue weighted by Crippen LogP contribution is -2.24. The van der Waals surface area contributed by atoms with Crippen molar-refractivity contribution in [3.63, 3.8) is 0 Å². The second-order valence-electron chi connectivity index (χ2n) is 3.47. The quantitative estimate of drug-likeness (QED) is 0.746. The molecule has 0 saturated heterocycles. The van der Waals surface area contributed by atoms with E-state index in [1.165, 1.54) is 0 Å². The van der Waals surface area contributed by atoms with Crippen molar-refractivity contribution >= 4 is 5.91 Å². The first-order valence-electron chi connectivity index (χ1n) is 4.88. The molecule has 0 aliphatic carbocycles. The van der Waals surface area contributed by atoms with E-state index in [1.807, 2.05) is 30.3 Å². The highest BCUT2D eigenvalue weighted by Crippen LogP contribution is 2.14. The number of hydrogen-bond acceptors (Lipinski definition) is 2. The van der Waals surface area contributed by atoms with Crippen molar-refractivity contribution in [3.8, 4) is 5.75 Å². The summed E-state index contributed by atoms with van der Waals surface area (Å²) < 4.78 is 5.07. The van der Waals surface area contributed by atoms with E-state index in [1.54, 1.807) is 18.1 Å². The van der Waals surface area contributed by atoms with E-state index >= 15 is 0 Å². The zero-order valence-corrected chi connectivity index (χ0v) is 8.64. The topological polar surface area (TPSA) is 29.5 Å². The first kappa shape index (κ1) is 9.77. The first-order valence-corrected chi connectivity index (χ1v) is 4.88. The fourth-order valence-electron chi connectivity index (χ4n) is 1.57. The molecule has 1 aromatic rings. The summed E-state index contributed by atoms with van der Waals surface area (Å²) in [5.41, 5.74) is 1.12. The highest BCUT2D eigenvalue weighted by atomic mass is 16.5. The van der Waals surface area contributed by atoms with E-state index in [2.05, 4.69) is 0 Å². The van der Waals surface area contributed by atoms with Crippen molar-refractivity contribution in [1.82, 2.24) is 4.90 Å². The van der Waals surface area contributed by atoms with Crippen LogP contribution in [0.25, 0.3) is 0 Å². The van der Waals surface area contributed by atoms with Crippen LogP contribution in [0.15, 0.2) is 36.4 Å². The van der Waals surface area contributed by atoms with Crippen LogP contribution in [-0.4, -0.2) is 24.5 Å². The molecule has 0 N–H and O–H groups in total. The van der Waals surface area contributed by atoms with Crippen molar-refractivity contribution in [1.29, 1.82) is 0 Å². The number of benzene rings is 1. The third kappa shape index (κ3) is 2.18. The lowest BCUT2D eigenvalue weighted by molar-refractivity contribution is -0.125. The maximum Gasteiger partial charge on any atom is 0.246 e. The van der Waals surface area contributed by atoms with Crippen molar-refractivity contribution in [2.75, 3.05) is 13.7 Å². The molecule has 0 atom stereocenters. The molecule has 2 rings (SSSR count). The number of rotatable bonds is 3. The van der Waals surface area contributed by atoms with E-state index in [0.29, 0.717) is 13.1 Å². The molecule has 0 saturated carbocycles. The maximum absolute atomic E-state index is 11.3. The molecule has 0 bridgehead atoms. The van der Waals surface area contributed by atoms with E-state index in [4.69, 9.17) is 4.74 Å². The first-order chi connectivity index (χ1) is 7.29. The molecule has 1 amide bonds. The summed E-state index contributed by atoms with van der Waals surface area (Å²) in [6, 6.07) is 7.77. The number of methoxy groups -OCH3 is 1. The molecule has 0 fully saturated rings. The van der Waals surface area contributed by atoms with E-state index < -0.39 is 0 Å². The Labute approximate surface area is 89.0 Å². The molecular formula is C12H13NO2. The Bertz CT molecular complexity index is 381. The van der Waals surface area contributed by atoms with Crippen LogP contribution in [0.3, 0.4) is 0 Å². The SMILES string of the molecule is COc1ccc(CN2CC=CC2=O)cc1. The van der Waals surface area contributed by atoms with Gasteiger partial charge in [-0.25, -0.2) is 0 Å². The highest BCUT2D eigenvalue weighted by molar-refractivity contribution is 5.89. The van der Waals surface area contributed by atoms with Crippen molar-refractivity contribution < 1.29 is 9.53 Å². The maximum atomic E-state index is 11.3. The Morgan fingerprint density at radius 3 is 2.60 bits per heavy atom. The Kier molecular flexibility index (Phi) is 2.72. The summed E-state index contributed by atoms with van der Waals surface area (Å²) in [7, 11) is 1.64. The number of hydrogen-bond donors (Lipinski definition) is 0. The predicted octanol–water partition coefficient (Wildman–Crippen LogP) is 1.59. The lowest BCUT2D eigenvalue weighted by atomic mass is 10.2. The molecule has 0 spiro atoms. The van der Waals surface area contributed by atoms with Crippen LogP contribution >= 0.6 is 0 Å². The van der Waals surface area contributed by atoms with Gasteiger partial charge in [-0.15, -0.1) is 0 Å². The second kappa shape index (κ2) is 4.17. The smallest absolute Gasteiger partial charge is 0.246 e. The normalized spacial score (nSPS) is 14.7. The van der Waals surface area contributed by atoms with Crippen molar-refractivity contribution in [2.45, 2.75) is 6.54 Å². The third-order valence-electron chi connectivity index (χ3n) is 2.43. The third-order valence-corrected chi connectivity index (χ3v) is 2.43. The van der Waals surface area contributed by atoms with Crippen LogP contribution < -0.4 is 4.74 Å². The number of carbonyl (C=O) groups is 1. The van der Waals surface area contributed by atoms with Gasteiger partial charge in [0.05, 0.1) is 7.11 Å². The standard InChI is InChI=1S/C12H13NO2/c1-15-11-6-4-10(5-7-11)9-13-8-2-3-12(13)14/h2-7H,8-9H2,1H3. The number of amides is 1. The molecule has 15 heavy (non-hydrogen) atoms. The molecular weight excluding hydrogens is 190 g/mol. The van der Waals surface area contributed by atoms with Gasteiger partial charge < -0.3 is 9.64 Å². The number of carbonyl (C=O) groups excluding carboxylic acids is 1. The van der Waals surface area contributed by atoms with Gasteiger partial charge in [-0.1, -0.05) is 18.2 Å².